The molecular formula is C23H37N3O5S. The Labute approximate surface area is 192 Å². The number of unbranched alkanes of at least 4 members (excludes halogenated alkanes) is 6. The van der Waals surface area contributed by atoms with Gasteiger partial charge in [0.05, 0.1) is 12.4 Å². The SMILES string of the molecule is CCOC(=O)CNC(=O)c1ccc(NCC=CCCCCCCCCS(=O)(=O)NC)cc1. The summed E-state index contributed by atoms with van der Waals surface area (Å²) in [5, 5.41) is 5.80. The van der Waals surface area contributed by atoms with Crippen LogP contribution in [0.4, 0.5) is 5.69 Å². The number of hydrogen-bond acceptors (Lipinski definition) is 6. The Morgan fingerprint density at radius 2 is 1.62 bits per heavy atom. The molecule has 3 N–H and O–H groups in total. The normalized spacial score (nSPS) is 11.4. The maximum Gasteiger partial charge on any atom is 0.325 e. The van der Waals surface area contributed by atoms with E-state index in [-0.39, 0.29) is 24.8 Å². The van der Waals surface area contributed by atoms with E-state index >= 15 is 0 Å². The van der Waals surface area contributed by atoms with Gasteiger partial charge in [0.2, 0.25) is 10.0 Å². The summed E-state index contributed by atoms with van der Waals surface area (Å²) in [5.41, 5.74) is 1.40. The standard InChI is InChI=1S/C23H37N3O5S/c1-3-31-22(27)19-26-23(28)20-13-15-21(16-14-20)25-17-11-9-7-5-4-6-8-10-12-18-32(29,30)24-2/h9,11,13-16,24-25H,3-8,10,12,17-19H2,1-2H3,(H,26,28). The van der Waals surface area contributed by atoms with Crippen molar-refractivity contribution in [2.45, 2.75) is 51.9 Å². The van der Waals surface area contributed by atoms with Crippen molar-refractivity contribution in [3.63, 3.8) is 0 Å². The topological polar surface area (TPSA) is 114 Å². The monoisotopic (exact) mass is 467 g/mol. The van der Waals surface area contributed by atoms with Gasteiger partial charge in [0, 0.05) is 17.8 Å². The summed E-state index contributed by atoms with van der Waals surface area (Å²) in [7, 11) is -1.61. The summed E-state index contributed by atoms with van der Waals surface area (Å²) in [6, 6.07) is 7.07. The van der Waals surface area contributed by atoms with Gasteiger partial charge in [-0.2, -0.15) is 0 Å². The summed E-state index contributed by atoms with van der Waals surface area (Å²) in [5.74, 6) is -0.554. The van der Waals surface area contributed by atoms with Crippen LogP contribution < -0.4 is 15.4 Å². The number of anilines is 1. The quantitative estimate of drug-likeness (QED) is 0.184. The highest BCUT2D eigenvalue weighted by Gasteiger charge is 2.08. The fourth-order valence-electron chi connectivity index (χ4n) is 2.95. The van der Waals surface area contributed by atoms with Crippen LogP contribution in [-0.4, -0.2) is 52.8 Å². The van der Waals surface area contributed by atoms with Crippen molar-refractivity contribution < 1.29 is 22.7 Å². The van der Waals surface area contributed by atoms with Crippen molar-refractivity contribution >= 4 is 27.6 Å². The minimum absolute atomic E-state index is 0.140. The second-order valence-electron chi connectivity index (χ2n) is 7.35. The summed E-state index contributed by atoms with van der Waals surface area (Å²) < 4.78 is 29.7. The van der Waals surface area contributed by atoms with Gasteiger partial charge in [0.1, 0.15) is 6.54 Å². The van der Waals surface area contributed by atoms with Gasteiger partial charge in [-0.05, 0) is 57.5 Å². The molecule has 0 aliphatic carbocycles. The van der Waals surface area contributed by atoms with Gasteiger partial charge in [-0.25, -0.2) is 13.1 Å². The van der Waals surface area contributed by atoms with E-state index in [1.54, 1.807) is 19.1 Å². The van der Waals surface area contributed by atoms with E-state index in [4.69, 9.17) is 4.74 Å². The highest BCUT2D eigenvalue weighted by atomic mass is 32.2. The Bertz CT molecular complexity index is 807. The molecule has 32 heavy (non-hydrogen) atoms. The van der Waals surface area contributed by atoms with E-state index in [1.165, 1.54) is 7.05 Å². The molecule has 1 aromatic carbocycles. The fraction of sp³-hybridized carbons (Fsp3) is 0.565. The molecule has 0 spiro atoms. The molecule has 0 atom stereocenters. The van der Waals surface area contributed by atoms with Crippen molar-refractivity contribution in [1.82, 2.24) is 10.0 Å². The molecule has 0 heterocycles. The van der Waals surface area contributed by atoms with Crippen LogP contribution in [0.15, 0.2) is 36.4 Å². The average molecular weight is 468 g/mol. The molecule has 0 bridgehead atoms. The van der Waals surface area contributed by atoms with E-state index in [1.807, 2.05) is 12.1 Å². The number of ether oxygens (including phenoxy) is 1. The molecule has 0 aromatic heterocycles. The van der Waals surface area contributed by atoms with E-state index < -0.39 is 16.0 Å². The third-order valence-electron chi connectivity index (χ3n) is 4.78. The first kappa shape index (κ1) is 27.6. The highest BCUT2D eigenvalue weighted by Crippen LogP contribution is 2.10. The predicted octanol–water partition coefficient (Wildman–Crippen LogP) is 3.23. The molecule has 1 rings (SSSR count). The lowest BCUT2D eigenvalue weighted by atomic mass is 10.1. The molecule has 0 fully saturated rings. The number of rotatable bonds is 17. The lowest BCUT2D eigenvalue weighted by Crippen LogP contribution is -2.30. The van der Waals surface area contributed by atoms with Crippen molar-refractivity contribution in [3.8, 4) is 0 Å². The van der Waals surface area contributed by atoms with Crippen LogP contribution >= 0.6 is 0 Å². The Balaban J connectivity index is 2.10. The Morgan fingerprint density at radius 3 is 2.28 bits per heavy atom. The van der Waals surface area contributed by atoms with E-state index in [0.717, 1.165) is 44.2 Å². The maximum absolute atomic E-state index is 12.0. The van der Waals surface area contributed by atoms with Crippen LogP contribution in [-0.2, 0) is 19.6 Å². The average Bonchev–Trinajstić information content (AvgIpc) is 2.78. The third kappa shape index (κ3) is 13.1. The smallest absolute Gasteiger partial charge is 0.325 e. The molecule has 0 unspecified atom stereocenters. The van der Waals surface area contributed by atoms with Gasteiger partial charge in [0.25, 0.3) is 5.91 Å². The van der Waals surface area contributed by atoms with Gasteiger partial charge in [-0.3, -0.25) is 9.59 Å². The first-order valence-corrected chi connectivity index (χ1v) is 12.9. The van der Waals surface area contributed by atoms with Gasteiger partial charge >= 0.3 is 5.97 Å². The predicted molar refractivity (Wildman–Crippen MR) is 128 cm³/mol. The fourth-order valence-corrected chi connectivity index (χ4v) is 3.74. The number of sulfonamides is 1. The molecular weight excluding hydrogens is 430 g/mol. The minimum atomic E-state index is -3.06. The second kappa shape index (κ2) is 16.3. The number of esters is 1. The van der Waals surface area contributed by atoms with E-state index in [2.05, 4.69) is 27.5 Å². The van der Waals surface area contributed by atoms with Crippen LogP contribution in [0.5, 0.6) is 0 Å². The lowest BCUT2D eigenvalue weighted by molar-refractivity contribution is -0.141. The third-order valence-corrected chi connectivity index (χ3v) is 6.23. The van der Waals surface area contributed by atoms with Gasteiger partial charge in [-0.1, -0.05) is 37.8 Å². The second-order valence-corrected chi connectivity index (χ2v) is 9.40. The molecule has 1 aromatic rings. The number of benzene rings is 1. The molecule has 1 amide bonds. The van der Waals surface area contributed by atoms with Gasteiger partial charge < -0.3 is 15.4 Å². The first-order chi connectivity index (χ1) is 15.4. The number of amides is 1. The number of nitrogens with one attached hydrogen (secondary N) is 3. The molecule has 0 saturated heterocycles. The molecule has 0 radical (unpaired) electrons. The zero-order valence-corrected chi connectivity index (χ0v) is 20.0. The minimum Gasteiger partial charge on any atom is -0.465 e. The summed E-state index contributed by atoms with van der Waals surface area (Å²) >= 11 is 0. The number of carbonyl (C=O) groups is 2. The highest BCUT2D eigenvalue weighted by molar-refractivity contribution is 7.89. The van der Waals surface area contributed by atoms with Crippen molar-refractivity contribution in [1.29, 1.82) is 0 Å². The molecule has 9 heteroatoms. The zero-order valence-electron chi connectivity index (χ0n) is 19.2. The lowest BCUT2D eigenvalue weighted by Gasteiger charge is -2.07. The number of hydrogen-bond donors (Lipinski definition) is 3. The van der Waals surface area contributed by atoms with E-state index in [0.29, 0.717) is 18.5 Å². The molecule has 180 valence electrons. The number of allylic oxidation sites excluding steroid dienone is 1. The first-order valence-electron chi connectivity index (χ1n) is 11.2. The largest absolute Gasteiger partial charge is 0.465 e. The molecule has 0 aliphatic rings. The Hall–Kier alpha value is -2.39. The van der Waals surface area contributed by atoms with Gasteiger partial charge in [0.15, 0.2) is 0 Å². The van der Waals surface area contributed by atoms with Crippen LogP contribution in [0.2, 0.25) is 0 Å². The Kier molecular flexibility index (Phi) is 14.1. The summed E-state index contributed by atoms with van der Waals surface area (Å²) in [6.45, 7) is 2.57. The number of carbonyl (C=O) groups excluding carboxylic acids is 2. The van der Waals surface area contributed by atoms with Crippen molar-refractivity contribution in [2.24, 2.45) is 0 Å². The summed E-state index contributed by atoms with van der Waals surface area (Å²) in [6.07, 6.45) is 11.4. The zero-order chi connectivity index (χ0) is 23.7. The van der Waals surface area contributed by atoms with Crippen molar-refractivity contribution in [3.05, 3.63) is 42.0 Å². The maximum atomic E-state index is 12.0. The Morgan fingerprint density at radius 1 is 0.969 bits per heavy atom. The summed E-state index contributed by atoms with van der Waals surface area (Å²) in [4.78, 5) is 23.3. The molecule has 8 nitrogen and oxygen atoms in total. The van der Waals surface area contributed by atoms with Crippen molar-refractivity contribution in [2.75, 3.05) is 37.8 Å². The molecule has 0 aliphatic heterocycles. The van der Waals surface area contributed by atoms with Crippen LogP contribution in [0, 0.1) is 0 Å². The van der Waals surface area contributed by atoms with Crippen LogP contribution in [0.25, 0.3) is 0 Å². The van der Waals surface area contributed by atoms with Gasteiger partial charge in [-0.15, -0.1) is 0 Å². The van der Waals surface area contributed by atoms with Crippen LogP contribution in [0.3, 0.4) is 0 Å². The van der Waals surface area contributed by atoms with E-state index in [9.17, 15) is 18.0 Å². The van der Waals surface area contributed by atoms with Crippen LogP contribution in [0.1, 0.15) is 62.2 Å². The molecule has 0 saturated carbocycles.